The van der Waals surface area contributed by atoms with E-state index in [4.69, 9.17) is 11.6 Å². The summed E-state index contributed by atoms with van der Waals surface area (Å²) in [6.07, 6.45) is 5.12. The van der Waals surface area contributed by atoms with Crippen LogP contribution in [0.4, 0.5) is 4.39 Å². The number of benzene rings is 1. The van der Waals surface area contributed by atoms with Crippen LogP contribution in [0, 0.1) is 6.92 Å². The molecule has 0 radical (unpaired) electrons. The van der Waals surface area contributed by atoms with Gasteiger partial charge in [-0.25, -0.2) is 14.2 Å². The van der Waals surface area contributed by atoms with E-state index < -0.39 is 17.1 Å². The van der Waals surface area contributed by atoms with Crippen LogP contribution in [-0.4, -0.2) is 18.7 Å². The predicted molar refractivity (Wildman–Crippen MR) is 116 cm³/mol. The first-order valence-electron chi connectivity index (χ1n) is 9.43. The van der Waals surface area contributed by atoms with Crippen molar-refractivity contribution >= 4 is 22.8 Å². The van der Waals surface area contributed by atoms with Crippen molar-refractivity contribution in [1.82, 2.24) is 18.7 Å². The molecule has 1 aliphatic carbocycles. The quantitative estimate of drug-likeness (QED) is 0.641. The van der Waals surface area contributed by atoms with Gasteiger partial charge in [0, 0.05) is 36.7 Å². The molecule has 0 atom stereocenters. The minimum Gasteiger partial charge on any atom is -0.313 e. The van der Waals surface area contributed by atoms with Gasteiger partial charge in [0.25, 0.3) is 5.56 Å². The van der Waals surface area contributed by atoms with Gasteiger partial charge in [-0.1, -0.05) is 47.5 Å². The molecule has 1 aliphatic rings. The van der Waals surface area contributed by atoms with E-state index >= 15 is 0 Å². The Morgan fingerprint density at radius 3 is 2.70 bits per heavy atom. The lowest BCUT2D eigenvalue weighted by atomic mass is 10.1. The van der Waals surface area contributed by atoms with E-state index in [2.05, 4.69) is 4.98 Å². The fourth-order valence-electron chi connectivity index (χ4n) is 3.60. The number of rotatable bonds is 3. The van der Waals surface area contributed by atoms with Crippen LogP contribution in [0.25, 0.3) is 22.6 Å². The van der Waals surface area contributed by atoms with E-state index in [0.29, 0.717) is 17.3 Å². The Morgan fingerprint density at radius 2 is 1.97 bits per heavy atom. The molecule has 154 valence electrons. The molecule has 0 aliphatic heterocycles. The lowest BCUT2D eigenvalue weighted by Crippen LogP contribution is -2.37. The highest BCUT2D eigenvalue weighted by molar-refractivity contribution is 6.30. The summed E-state index contributed by atoms with van der Waals surface area (Å²) in [6.45, 7) is 1.96. The zero-order valence-electron chi connectivity index (χ0n) is 16.8. The molecule has 2 heterocycles. The maximum absolute atomic E-state index is 14.8. The van der Waals surface area contributed by atoms with Gasteiger partial charge in [0.1, 0.15) is 11.7 Å². The fourth-order valence-corrected chi connectivity index (χ4v) is 3.84. The minimum atomic E-state index is -0.493. The summed E-state index contributed by atoms with van der Waals surface area (Å²) >= 11 is 6.38. The first kappa shape index (κ1) is 20.1. The van der Waals surface area contributed by atoms with Gasteiger partial charge in [-0.05, 0) is 19.1 Å². The number of aromatic nitrogens is 4. The first-order chi connectivity index (χ1) is 14.3. The van der Waals surface area contributed by atoms with Crippen molar-refractivity contribution in [3.63, 3.8) is 0 Å². The number of hydrogen-bond donors (Lipinski definition) is 0. The van der Waals surface area contributed by atoms with Crippen LogP contribution in [-0.2, 0) is 20.6 Å². The summed E-state index contributed by atoms with van der Waals surface area (Å²) in [7, 11) is 2.97. The van der Waals surface area contributed by atoms with Crippen molar-refractivity contribution in [2.75, 3.05) is 0 Å². The van der Waals surface area contributed by atoms with Crippen LogP contribution in [0.15, 0.2) is 68.5 Å². The number of imidazole rings is 1. The molecule has 0 saturated heterocycles. The van der Waals surface area contributed by atoms with E-state index in [9.17, 15) is 14.0 Å². The zero-order chi connectivity index (χ0) is 21.6. The molecule has 0 unspecified atom stereocenters. The standard InChI is InChI=1S/C22H20ClFN4O2/c1-13-7-6-8-14(11-13)19-25-20-18(21(29)27(3)22(30)26(20)2)28(19)12-15-16(23)9-4-5-10-17(15)24/h4-8,10-11H,9,12H2,1-3H3. The molecular weight excluding hydrogens is 407 g/mol. The van der Waals surface area contributed by atoms with Crippen molar-refractivity contribution in [2.45, 2.75) is 19.9 Å². The van der Waals surface area contributed by atoms with Gasteiger partial charge in [0.2, 0.25) is 0 Å². The van der Waals surface area contributed by atoms with Gasteiger partial charge < -0.3 is 4.57 Å². The van der Waals surface area contributed by atoms with Gasteiger partial charge in [0.05, 0.1) is 6.54 Å². The number of nitrogens with zero attached hydrogens (tertiary/aromatic N) is 4. The Kier molecular flexibility index (Phi) is 5.07. The average Bonchev–Trinajstić information content (AvgIpc) is 3.03. The van der Waals surface area contributed by atoms with E-state index in [1.54, 1.807) is 23.8 Å². The van der Waals surface area contributed by atoms with Crippen LogP contribution >= 0.6 is 11.6 Å². The maximum atomic E-state index is 14.8. The SMILES string of the molecule is Cc1cccc(-c2nc3c(c(=O)n(C)c(=O)n3C)n2CC2=C(Cl)CC=CC=C2F)c1. The van der Waals surface area contributed by atoms with Crippen molar-refractivity contribution in [3.05, 3.63) is 85.3 Å². The largest absolute Gasteiger partial charge is 0.332 e. The Balaban J connectivity index is 2.07. The highest BCUT2D eigenvalue weighted by Gasteiger charge is 2.23. The first-order valence-corrected chi connectivity index (χ1v) is 9.81. The van der Waals surface area contributed by atoms with Gasteiger partial charge in [-0.15, -0.1) is 0 Å². The van der Waals surface area contributed by atoms with Crippen LogP contribution in [0.5, 0.6) is 0 Å². The second-order valence-electron chi connectivity index (χ2n) is 7.30. The topological polar surface area (TPSA) is 61.8 Å². The molecule has 0 bridgehead atoms. The molecule has 30 heavy (non-hydrogen) atoms. The molecule has 0 saturated carbocycles. The highest BCUT2D eigenvalue weighted by Crippen LogP contribution is 2.30. The van der Waals surface area contributed by atoms with Gasteiger partial charge in [0.15, 0.2) is 11.2 Å². The highest BCUT2D eigenvalue weighted by atomic mass is 35.5. The maximum Gasteiger partial charge on any atom is 0.332 e. The number of halogens is 2. The van der Waals surface area contributed by atoms with Crippen molar-refractivity contribution in [3.8, 4) is 11.4 Å². The van der Waals surface area contributed by atoms with E-state index in [1.807, 2.05) is 31.2 Å². The van der Waals surface area contributed by atoms with Crippen LogP contribution in [0.3, 0.4) is 0 Å². The zero-order valence-corrected chi connectivity index (χ0v) is 17.6. The summed E-state index contributed by atoms with van der Waals surface area (Å²) in [4.78, 5) is 30.1. The summed E-state index contributed by atoms with van der Waals surface area (Å²) < 4.78 is 18.8. The third kappa shape index (κ3) is 3.25. The van der Waals surface area contributed by atoms with E-state index in [-0.39, 0.29) is 23.3 Å². The Morgan fingerprint density at radius 1 is 1.20 bits per heavy atom. The van der Waals surface area contributed by atoms with Crippen LogP contribution in [0.2, 0.25) is 0 Å². The smallest absolute Gasteiger partial charge is 0.313 e. The summed E-state index contributed by atoms with van der Waals surface area (Å²) in [5.74, 6) is 0.00130. The monoisotopic (exact) mass is 426 g/mol. The third-order valence-electron chi connectivity index (χ3n) is 5.23. The molecule has 3 aromatic rings. The van der Waals surface area contributed by atoms with Crippen molar-refractivity contribution < 1.29 is 4.39 Å². The Bertz CT molecular complexity index is 1390. The summed E-state index contributed by atoms with van der Waals surface area (Å²) in [6, 6.07) is 7.62. The fraction of sp³-hybridized carbons (Fsp3) is 0.227. The van der Waals surface area contributed by atoms with Gasteiger partial charge in [-0.2, -0.15) is 0 Å². The molecule has 6 nitrogen and oxygen atoms in total. The van der Waals surface area contributed by atoms with Crippen LogP contribution in [0.1, 0.15) is 12.0 Å². The minimum absolute atomic E-state index is 0.00999. The molecular formula is C22H20ClFN4O2. The second-order valence-corrected chi connectivity index (χ2v) is 7.76. The third-order valence-corrected chi connectivity index (χ3v) is 5.61. The van der Waals surface area contributed by atoms with Gasteiger partial charge in [-0.3, -0.25) is 13.9 Å². The Hall–Kier alpha value is -3.19. The molecule has 0 amide bonds. The molecule has 4 rings (SSSR count). The molecule has 0 N–H and O–H groups in total. The molecule has 0 spiro atoms. The predicted octanol–water partition coefficient (Wildman–Crippen LogP) is 3.72. The normalized spacial score (nSPS) is 14.4. The summed E-state index contributed by atoms with van der Waals surface area (Å²) in [5, 5.41) is 0.358. The van der Waals surface area contributed by atoms with Gasteiger partial charge >= 0.3 is 5.69 Å². The lowest BCUT2D eigenvalue weighted by molar-refractivity contribution is 0.625. The van der Waals surface area contributed by atoms with E-state index in [0.717, 1.165) is 15.7 Å². The average molecular weight is 427 g/mol. The summed E-state index contributed by atoms with van der Waals surface area (Å²) in [5.41, 5.74) is 1.54. The molecule has 2 aromatic heterocycles. The molecule has 0 fully saturated rings. The number of hydrogen-bond acceptors (Lipinski definition) is 3. The second kappa shape index (κ2) is 7.57. The lowest BCUT2D eigenvalue weighted by Gasteiger charge is -2.13. The van der Waals surface area contributed by atoms with Crippen LogP contribution < -0.4 is 11.2 Å². The number of fused-ring (bicyclic) bond motifs is 1. The van der Waals surface area contributed by atoms with E-state index in [1.165, 1.54) is 17.7 Å². The Labute approximate surface area is 176 Å². The van der Waals surface area contributed by atoms with Crippen molar-refractivity contribution in [1.29, 1.82) is 0 Å². The van der Waals surface area contributed by atoms with Crippen molar-refractivity contribution in [2.24, 2.45) is 14.1 Å². The number of allylic oxidation sites excluding steroid dienone is 6. The molecule has 1 aromatic carbocycles. The number of aryl methyl sites for hydroxylation is 2. The molecule has 8 heteroatoms.